The third-order valence-electron chi connectivity index (χ3n) is 4.19. The van der Waals surface area contributed by atoms with Gasteiger partial charge in [0.25, 0.3) is 5.91 Å². The van der Waals surface area contributed by atoms with Gasteiger partial charge in [-0.3, -0.25) is 9.59 Å². The molecular weight excluding hydrogens is 390 g/mol. The number of hydrogen-bond acceptors (Lipinski definition) is 4. The fourth-order valence-corrected chi connectivity index (χ4v) is 2.99. The van der Waals surface area contributed by atoms with Crippen molar-refractivity contribution in [1.29, 1.82) is 0 Å². The smallest absolute Gasteiger partial charge is 0.251 e. The van der Waals surface area contributed by atoms with Crippen LogP contribution in [0.4, 0.5) is 5.69 Å². The van der Waals surface area contributed by atoms with Crippen LogP contribution >= 0.6 is 11.6 Å². The average molecular weight is 406 g/mol. The molecular formula is C22H16ClN3O3. The van der Waals surface area contributed by atoms with Gasteiger partial charge in [-0.1, -0.05) is 35.9 Å². The molecule has 0 atom stereocenters. The number of aromatic nitrogens is 1. The number of nitrogens with one attached hydrogen (secondary N) is 2. The van der Waals surface area contributed by atoms with Crippen LogP contribution < -0.4 is 10.6 Å². The quantitative estimate of drug-likeness (QED) is 0.511. The largest absolute Gasteiger partial charge is 0.436 e. The van der Waals surface area contributed by atoms with Crippen LogP contribution in [0.5, 0.6) is 0 Å². The van der Waals surface area contributed by atoms with E-state index in [1.54, 1.807) is 54.6 Å². The van der Waals surface area contributed by atoms with E-state index in [9.17, 15) is 9.59 Å². The monoisotopic (exact) mass is 405 g/mol. The summed E-state index contributed by atoms with van der Waals surface area (Å²) in [4.78, 5) is 28.6. The minimum absolute atomic E-state index is 0.143. The lowest BCUT2D eigenvalue weighted by atomic mass is 10.2. The Bertz CT molecular complexity index is 1190. The van der Waals surface area contributed by atoms with Crippen LogP contribution in [0.25, 0.3) is 22.6 Å². The molecule has 1 aromatic heterocycles. The Kier molecular flexibility index (Phi) is 5.27. The molecule has 0 aliphatic rings. The molecule has 2 N–H and O–H groups in total. The maximum atomic E-state index is 12.2. The standard InChI is InChI=1S/C22H16ClN3O3/c23-16-8-4-7-15(11-16)22-26-18-10-9-17(12-19(18)29-22)25-20(27)13-24-21(28)14-5-2-1-3-6-14/h1-12H,13H2,(H,24,28)(H,25,27). The Balaban J connectivity index is 1.43. The highest BCUT2D eigenvalue weighted by molar-refractivity contribution is 6.30. The predicted octanol–water partition coefficient (Wildman–Crippen LogP) is 4.52. The number of carbonyl (C=O) groups excluding carboxylic acids is 2. The van der Waals surface area contributed by atoms with Crippen molar-refractivity contribution >= 4 is 40.2 Å². The highest BCUT2D eigenvalue weighted by atomic mass is 35.5. The SMILES string of the molecule is O=C(CNC(=O)c1ccccc1)Nc1ccc2nc(-c3cccc(Cl)c3)oc2c1. The van der Waals surface area contributed by atoms with Crippen molar-refractivity contribution in [1.82, 2.24) is 10.3 Å². The molecule has 0 fully saturated rings. The maximum Gasteiger partial charge on any atom is 0.251 e. The van der Waals surface area contributed by atoms with Crippen LogP contribution in [0.15, 0.2) is 77.2 Å². The molecule has 29 heavy (non-hydrogen) atoms. The van der Waals surface area contributed by atoms with Crippen LogP contribution in [-0.4, -0.2) is 23.3 Å². The molecule has 0 aliphatic carbocycles. The molecule has 0 saturated heterocycles. The molecule has 144 valence electrons. The van der Waals surface area contributed by atoms with Gasteiger partial charge in [-0.05, 0) is 42.5 Å². The van der Waals surface area contributed by atoms with Crippen molar-refractivity contribution in [2.75, 3.05) is 11.9 Å². The topological polar surface area (TPSA) is 84.2 Å². The summed E-state index contributed by atoms with van der Waals surface area (Å²) >= 11 is 6.02. The van der Waals surface area contributed by atoms with E-state index in [4.69, 9.17) is 16.0 Å². The lowest BCUT2D eigenvalue weighted by molar-refractivity contribution is -0.115. The first-order valence-corrected chi connectivity index (χ1v) is 9.26. The molecule has 7 heteroatoms. The lowest BCUT2D eigenvalue weighted by Gasteiger charge is -2.07. The molecule has 6 nitrogen and oxygen atoms in total. The maximum absolute atomic E-state index is 12.2. The number of oxazole rings is 1. The summed E-state index contributed by atoms with van der Waals surface area (Å²) in [6.07, 6.45) is 0. The van der Waals surface area contributed by atoms with Gasteiger partial charge >= 0.3 is 0 Å². The predicted molar refractivity (Wildman–Crippen MR) is 112 cm³/mol. The van der Waals surface area contributed by atoms with Crippen LogP contribution in [0.3, 0.4) is 0 Å². The summed E-state index contributed by atoms with van der Waals surface area (Å²) in [5.41, 5.74) is 3.01. The number of benzene rings is 3. The van der Waals surface area contributed by atoms with Gasteiger partial charge in [0, 0.05) is 27.9 Å². The number of carbonyl (C=O) groups is 2. The zero-order valence-electron chi connectivity index (χ0n) is 15.2. The average Bonchev–Trinajstić information content (AvgIpc) is 3.16. The molecule has 4 rings (SSSR count). The second-order valence-electron chi connectivity index (χ2n) is 6.31. The third kappa shape index (κ3) is 4.44. The summed E-state index contributed by atoms with van der Waals surface area (Å²) in [5, 5.41) is 5.92. The molecule has 0 radical (unpaired) electrons. The Morgan fingerprint density at radius 3 is 2.59 bits per heavy atom. The Morgan fingerprint density at radius 1 is 0.966 bits per heavy atom. The molecule has 0 saturated carbocycles. The van der Waals surface area contributed by atoms with Gasteiger partial charge in [0.15, 0.2) is 5.58 Å². The van der Waals surface area contributed by atoms with Crippen LogP contribution in [-0.2, 0) is 4.79 Å². The number of nitrogens with zero attached hydrogens (tertiary/aromatic N) is 1. The summed E-state index contributed by atoms with van der Waals surface area (Å²) < 4.78 is 5.80. The first-order chi connectivity index (χ1) is 14.1. The fraction of sp³-hybridized carbons (Fsp3) is 0.0455. The van der Waals surface area contributed by atoms with Crippen molar-refractivity contribution in [2.24, 2.45) is 0 Å². The minimum Gasteiger partial charge on any atom is -0.436 e. The van der Waals surface area contributed by atoms with Crippen LogP contribution in [0, 0.1) is 0 Å². The van der Waals surface area contributed by atoms with E-state index >= 15 is 0 Å². The van der Waals surface area contributed by atoms with Gasteiger partial charge in [-0.2, -0.15) is 0 Å². The van der Waals surface area contributed by atoms with Crippen LogP contribution in [0.2, 0.25) is 5.02 Å². The second kappa shape index (κ2) is 8.16. The van der Waals surface area contributed by atoms with Gasteiger partial charge < -0.3 is 15.1 Å². The molecule has 1 heterocycles. The zero-order chi connectivity index (χ0) is 20.2. The van der Waals surface area contributed by atoms with E-state index in [-0.39, 0.29) is 18.4 Å². The van der Waals surface area contributed by atoms with Gasteiger partial charge in [-0.15, -0.1) is 0 Å². The first kappa shape index (κ1) is 18.7. The van der Waals surface area contributed by atoms with E-state index in [1.807, 2.05) is 18.2 Å². The molecule has 2 amide bonds. The van der Waals surface area contributed by atoms with Gasteiger partial charge in [0.1, 0.15) is 5.52 Å². The third-order valence-corrected chi connectivity index (χ3v) is 4.42. The van der Waals surface area contributed by atoms with E-state index < -0.39 is 0 Å². The number of anilines is 1. The molecule has 0 aliphatic heterocycles. The zero-order valence-corrected chi connectivity index (χ0v) is 15.9. The second-order valence-corrected chi connectivity index (χ2v) is 6.75. The van der Waals surface area contributed by atoms with E-state index in [2.05, 4.69) is 15.6 Å². The molecule has 0 unspecified atom stereocenters. The summed E-state index contributed by atoms with van der Waals surface area (Å²) in [6, 6.07) is 21.1. The summed E-state index contributed by atoms with van der Waals surface area (Å²) in [5.74, 6) is -0.207. The van der Waals surface area contributed by atoms with Crippen molar-refractivity contribution in [3.05, 3.63) is 83.4 Å². The van der Waals surface area contributed by atoms with Crippen molar-refractivity contribution in [3.8, 4) is 11.5 Å². The van der Waals surface area contributed by atoms with Gasteiger partial charge in [-0.25, -0.2) is 4.98 Å². The number of fused-ring (bicyclic) bond motifs is 1. The van der Waals surface area contributed by atoms with E-state index in [0.29, 0.717) is 33.3 Å². The number of rotatable bonds is 5. The molecule has 0 bridgehead atoms. The number of halogens is 1. The van der Waals surface area contributed by atoms with E-state index in [0.717, 1.165) is 5.56 Å². The van der Waals surface area contributed by atoms with Gasteiger partial charge in [0.05, 0.1) is 6.54 Å². The lowest BCUT2D eigenvalue weighted by Crippen LogP contribution is -2.32. The van der Waals surface area contributed by atoms with Crippen molar-refractivity contribution in [2.45, 2.75) is 0 Å². The summed E-state index contributed by atoms with van der Waals surface area (Å²) in [6.45, 7) is -0.143. The molecule has 0 spiro atoms. The highest BCUT2D eigenvalue weighted by Gasteiger charge is 2.11. The first-order valence-electron chi connectivity index (χ1n) is 8.88. The summed E-state index contributed by atoms with van der Waals surface area (Å²) in [7, 11) is 0. The van der Waals surface area contributed by atoms with Crippen LogP contribution in [0.1, 0.15) is 10.4 Å². The van der Waals surface area contributed by atoms with E-state index in [1.165, 1.54) is 0 Å². The minimum atomic E-state index is -0.344. The van der Waals surface area contributed by atoms with Crippen molar-refractivity contribution in [3.63, 3.8) is 0 Å². The fourth-order valence-electron chi connectivity index (χ4n) is 2.80. The Hall–Kier alpha value is -3.64. The number of hydrogen-bond donors (Lipinski definition) is 2. The Labute approximate surface area is 171 Å². The number of amides is 2. The highest BCUT2D eigenvalue weighted by Crippen LogP contribution is 2.27. The normalized spacial score (nSPS) is 10.7. The Morgan fingerprint density at radius 2 is 1.79 bits per heavy atom. The van der Waals surface area contributed by atoms with Crippen molar-refractivity contribution < 1.29 is 14.0 Å². The molecule has 3 aromatic carbocycles. The van der Waals surface area contributed by atoms with Gasteiger partial charge in [0.2, 0.25) is 11.8 Å². The molecule has 4 aromatic rings.